The molecule has 7 heteroatoms. The Morgan fingerprint density at radius 1 is 0.917 bits per heavy atom. The summed E-state index contributed by atoms with van der Waals surface area (Å²) >= 11 is 0. The van der Waals surface area contributed by atoms with Gasteiger partial charge >= 0.3 is 0 Å². The van der Waals surface area contributed by atoms with Crippen LogP contribution in [0, 0.1) is 11.6 Å². The van der Waals surface area contributed by atoms with E-state index in [4.69, 9.17) is 5.21 Å². The maximum atomic E-state index is 12.9. The van der Waals surface area contributed by atoms with Crippen molar-refractivity contribution in [3.05, 3.63) is 76.9 Å². The minimum Gasteiger partial charge on any atom is -0.348 e. The van der Waals surface area contributed by atoms with E-state index >= 15 is 0 Å². The first-order chi connectivity index (χ1) is 11.5. The summed E-state index contributed by atoms with van der Waals surface area (Å²) in [4.78, 5) is 23.8. The third kappa shape index (κ3) is 4.72. The van der Waals surface area contributed by atoms with E-state index < -0.39 is 23.4 Å². The second-order valence-electron chi connectivity index (χ2n) is 4.86. The smallest absolute Gasteiger partial charge is 0.280 e. The third-order valence-electron chi connectivity index (χ3n) is 3.14. The molecule has 0 aliphatic rings. The van der Waals surface area contributed by atoms with Gasteiger partial charge in [-0.05, 0) is 41.5 Å². The molecule has 0 saturated heterocycles. The van der Waals surface area contributed by atoms with Crippen molar-refractivity contribution in [2.75, 3.05) is 0 Å². The van der Waals surface area contributed by atoms with Crippen LogP contribution >= 0.6 is 0 Å². The molecule has 0 aliphatic carbocycles. The van der Waals surface area contributed by atoms with Crippen LogP contribution in [0.5, 0.6) is 0 Å². The van der Waals surface area contributed by atoms with Gasteiger partial charge in [0.1, 0.15) is 17.2 Å². The Morgan fingerprint density at radius 3 is 2.00 bits per heavy atom. The maximum absolute atomic E-state index is 12.9. The number of hydrogen-bond acceptors (Lipinski definition) is 3. The largest absolute Gasteiger partial charge is 0.348 e. The lowest BCUT2D eigenvalue weighted by Crippen LogP contribution is -2.33. The highest BCUT2D eigenvalue weighted by molar-refractivity contribution is 6.21. The molecule has 0 aliphatic heterocycles. The molecule has 0 atom stereocenters. The van der Waals surface area contributed by atoms with Gasteiger partial charge in [-0.15, -0.1) is 0 Å². The second kappa shape index (κ2) is 7.98. The van der Waals surface area contributed by atoms with Crippen LogP contribution in [-0.2, 0) is 16.1 Å². The van der Waals surface area contributed by atoms with Gasteiger partial charge in [0.15, 0.2) is 0 Å². The van der Waals surface area contributed by atoms with Crippen LogP contribution in [0.4, 0.5) is 8.78 Å². The van der Waals surface area contributed by atoms with Crippen molar-refractivity contribution >= 4 is 17.9 Å². The molecule has 2 amide bonds. The zero-order valence-corrected chi connectivity index (χ0v) is 12.4. The van der Waals surface area contributed by atoms with Gasteiger partial charge in [-0.2, -0.15) is 0 Å². The summed E-state index contributed by atoms with van der Waals surface area (Å²) in [5.41, 5.74) is 2.08. The Labute approximate surface area is 136 Å². The number of carbonyl (C=O) groups is 2. The summed E-state index contributed by atoms with van der Waals surface area (Å²) in [6.45, 7) is 0.0680. The first kappa shape index (κ1) is 17.3. The minimum atomic E-state index is -1.00. The van der Waals surface area contributed by atoms with E-state index in [1.807, 2.05) is 0 Å². The fourth-order valence-electron chi connectivity index (χ4n) is 1.90. The molecule has 2 aromatic rings. The molecule has 0 bridgehead atoms. The first-order valence-corrected chi connectivity index (χ1v) is 6.94. The van der Waals surface area contributed by atoms with Crippen LogP contribution in [0.15, 0.2) is 54.1 Å². The van der Waals surface area contributed by atoms with Crippen LogP contribution in [-0.4, -0.2) is 17.0 Å². The highest BCUT2D eigenvalue weighted by Crippen LogP contribution is 2.10. The lowest BCUT2D eigenvalue weighted by Gasteiger charge is -2.08. The Hall–Kier alpha value is -3.06. The summed E-state index contributed by atoms with van der Waals surface area (Å²) in [6, 6.07) is 10.6. The highest BCUT2D eigenvalue weighted by atomic mass is 19.1. The summed E-state index contributed by atoms with van der Waals surface area (Å²) in [7, 11) is 0. The minimum absolute atomic E-state index is 0.0680. The summed E-state index contributed by atoms with van der Waals surface area (Å²) in [6.07, 6.45) is 1.21. The van der Waals surface area contributed by atoms with Crippen molar-refractivity contribution in [2.45, 2.75) is 6.54 Å². The van der Waals surface area contributed by atoms with Crippen LogP contribution in [0.2, 0.25) is 0 Å². The molecule has 0 radical (unpaired) electrons. The van der Waals surface area contributed by atoms with Crippen LogP contribution in [0.1, 0.15) is 11.1 Å². The molecule has 2 rings (SSSR count). The molecular formula is C17H14F2N2O3. The van der Waals surface area contributed by atoms with E-state index in [0.717, 1.165) is 0 Å². The van der Waals surface area contributed by atoms with Gasteiger partial charge < -0.3 is 5.32 Å². The zero-order valence-electron chi connectivity index (χ0n) is 12.4. The van der Waals surface area contributed by atoms with E-state index in [2.05, 4.69) is 5.32 Å². The molecule has 5 nitrogen and oxygen atoms in total. The van der Waals surface area contributed by atoms with Crippen LogP contribution in [0.25, 0.3) is 6.08 Å². The lowest BCUT2D eigenvalue weighted by atomic mass is 10.1. The van der Waals surface area contributed by atoms with Gasteiger partial charge in [0.05, 0.1) is 0 Å². The zero-order chi connectivity index (χ0) is 17.5. The number of rotatable bonds is 5. The normalized spacial score (nSPS) is 11.0. The number of carbonyl (C=O) groups excluding carboxylic acids is 2. The van der Waals surface area contributed by atoms with Crippen LogP contribution in [0.3, 0.4) is 0 Å². The average Bonchev–Trinajstić information content (AvgIpc) is 2.60. The molecule has 3 N–H and O–H groups in total. The molecule has 2 aromatic carbocycles. The lowest BCUT2D eigenvalue weighted by molar-refractivity contribution is -0.128. The number of amides is 2. The number of hydrogen-bond donors (Lipinski definition) is 3. The van der Waals surface area contributed by atoms with Gasteiger partial charge in [0.25, 0.3) is 11.8 Å². The third-order valence-corrected chi connectivity index (χ3v) is 3.14. The number of benzene rings is 2. The van der Waals surface area contributed by atoms with Gasteiger partial charge in [0.2, 0.25) is 0 Å². The van der Waals surface area contributed by atoms with E-state index in [1.54, 1.807) is 0 Å². The first-order valence-electron chi connectivity index (χ1n) is 6.94. The molecule has 0 aromatic heterocycles. The fraction of sp³-hybridized carbons (Fsp3) is 0.0588. The Balaban J connectivity index is 2.14. The predicted octanol–water partition coefficient (Wildman–Crippen LogP) is 2.17. The Kier molecular flexibility index (Phi) is 5.75. The summed E-state index contributed by atoms with van der Waals surface area (Å²) < 4.78 is 25.7. The van der Waals surface area contributed by atoms with Gasteiger partial charge in [-0.1, -0.05) is 24.3 Å². The van der Waals surface area contributed by atoms with Gasteiger partial charge in [-0.25, -0.2) is 14.3 Å². The monoisotopic (exact) mass is 332 g/mol. The van der Waals surface area contributed by atoms with Crippen molar-refractivity contribution in [2.24, 2.45) is 0 Å². The van der Waals surface area contributed by atoms with E-state index in [1.165, 1.54) is 60.1 Å². The topological polar surface area (TPSA) is 78.4 Å². The molecule has 0 spiro atoms. The number of halogens is 2. The SMILES string of the molecule is O=C(NO)/C(=C\c1ccc(F)cc1)C(=O)NCc1ccc(F)cc1. The molecule has 124 valence electrons. The maximum Gasteiger partial charge on any atom is 0.280 e. The van der Waals surface area contributed by atoms with Crippen molar-refractivity contribution in [1.82, 2.24) is 10.8 Å². The van der Waals surface area contributed by atoms with Gasteiger partial charge in [0, 0.05) is 6.54 Å². The summed E-state index contributed by atoms with van der Waals surface area (Å²) in [5.74, 6) is -2.60. The van der Waals surface area contributed by atoms with E-state index in [0.29, 0.717) is 11.1 Å². The van der Waals surface area contributed by atoms with Crippen molar-refractivity contribution in [3.8, 4) is 0 Å². The Morgan fingerprint density at radius 2 is 1.46 bits per heavy atom. The molecule has 0 saturated carbocycles. The fourth-order valence-corrected chi connectivity index (χ4v) is 1.90. The van der Waals surface area contributed by atoms with Gasteiger partial charge in [-0.3, -0.25) is 14.8 Å². The van der Waals surface area contributed by atoms with E-state index in [9.17, 15) is 18.4 Å². The second-order valence-corrected chi connectivity index (χ2v) is 4.86. The summed E-state index contributed by atoms with van der Waals surface area (Å²) in [5, 5.41) is 11.3. The van der Waals surface area contributed by atoms with E-state index in [-0.39, 0.29) is 12.1 Å². The molecule has 0 unspecified atom stereocenters. The Bertz CT molecular complexity index is 756. The predicted molar refractivity (Wildman–Crippen MR) is 82.6 cm³/mol. The number of nitrogens with one attached hydrogen (secondary N) is 2. The standard InChI is InChI=1S/C17H14F2N2O3/c18-13-5-1-11(2-6-13)9-15(17(23)21-24)16(22)20-10-12-3-7-14(19)8-4-12/h1-9,24H,10H2,(H,20,22)(H,21,23)/b15-9-. The average molecular weight is 332 g/mol. The van der Waals surface area contributed by atoms with Crippen molar-refractivity contribution in [1.29, 1.82) is 0 Å². The van der Waals surface area contributed by atoms with Crippen molar-refractivity contribution in [3.63, 3.8) is 0 Å². The number of hydroxylamine groups is 1. The molecule has 0 fully saturated rings. The molecule has 24 heavy (non-hydrogen) atoms. The van der Waals surface area contributed by atoms with Crippen LogP contribution < -0.4 is 10.8 Å². The quantitative estimate of drug-likeness (QED) is 0.258. The highest BCUT2D eigenvalue weighted by Gasteiger charge is 2.17. The molecular weight excluding hydrogens is 318 g/mol. The van der Waals surface area contributed by atoms with Crippen molar-refractivity contribution < 1.29 is 23.6 Å². The molecule has 0 heterocycles.